The molecule has 0 saturated carbocycles. The van der Waals surface area contributed by atoms with Crippen LogP contribution in [-0.4, -0.2) is 37.5 Å². The predicted molar refractivity (Wildman–Crippen MR) is 57.3 cm³/mol. The maximum Gasteiger partial charge on any atom is 0.0664 e. The summed E-state index contributed by atoms with van der Waals surface area (Å²) in [5, 5.41) is 12.8. The van der Waals surface area contributed by atoms with Crippen LogP contribution in [0, 0.1) is 5.92 Å². The van der Waals surface area contributed by atoms with E-state index in [-0.39, 0.29) is 6.10 Å². The number of hydrogen-bond donors (Lipinski definition) is 2. The lowest BCUT2D eigenvalue weighted by atomic mass is 10.0. The molecule has 84 valence electrons. The second-order valence-electron chi connectivity index (χ2n) is 4.18. The van der Waals surface area contributed by atoms with E-state index in [0.29, 0.717) is 5.92 Å². The summed E-state index contributed by atoms with van der Waals surface area (Å²) in [6.45, 7) is 5.62. The molecule has 0 aliphatic carbocycles. The number of aliphatic hydroxyl groups excluding tert-OH is 1. The van der Waals surface area contributed by atoms with Crippen LogP contribution in [0.2, 0.25) is 0 Å². The number of ether oxygens (including phenoxy) is 1. The van der Waals surface area contributed by atoms with Crippen molar-refractivity contribution in [3.8, 4) is 0 Å². The molecule has 2 unspecified atom stereocenters. The number of hydrogen-bond acceptors (Lipinski definition) is 3. The highest BCUT2D eigenvalue weighted by atomic mass is 16.5. The molecule has 0 spiro atoms. The van der Waals surface area contributed by atoms with Crippen molar-refractivity contribution in [1.82, 2.24) is 5.32 Å². The van der Waals surface area contributed by atoms with Crippen molar-refractivity contribution in [3.63, 3.8) is 0 Å². The maximum atomic E-state index is 9.48. The SMILES string of the molecule is CCCC(O)CNCC1CCCOC1. The molecule has 0 aromatic heterocycles. The van der Waals surface area contributed by atoms with E-state index in [2.05, 4.69) is 12.2 Å². The Morgan fingerprint density at radius 3 is 3.07 bits per heavy atom. The highest BCUT2D eigenvalue weighted by molar-refractivity contribution is 4.67. The quantitative estimate of drug-likeness (QED) is 0.677. The van der Waals surface area contributed by atoms with Crippen molar-refractivity contribution >= 4 is 0 Å². The van der Waals surface area contributed by atoms with E-state index in [0.717, 1.165) is 39.1 Å². The summed E-state index contributed by atoms with van der Waals surface area (Å²) in [5.74, 6) is 0.651. The first kappa shape index (κ1) is 12.0. The van der Waals surface area contributed by atoms with Gasteiger partial charge in [0.05, 0.1) is 12.7 Å². The molecule has 0 aromatic carbocycles. The minimum absolute atomic E-state index is 0.176. The first-order valence-electron chi connectivity index (χ1n) is 5.79. The Bertz CT molecular complexity index is 135. The minimum Gasteiger partial charge on any atom is -0.392 e. The number of rotatable bonds is 6. The van der Waals surface area contributed by atoms with Gasteiger partial charge in [-0.25, -0.2) is 0 Å². The van der Waals surface area contributed by atoms with Gasteiger partial charge in [0.1, 0.15) is 0 Å². The summed E-state index contributed by atoms with van der Waals surface area (Å²) >= 11 is 0. The Kier molecular flexibility index (Phi) is 6.15. The van der Waals surface area contributed by atoms with E-state index >= 15 is 0 Å². The van der Waals surface area contributed by atoms with Crippen LogP contribution in [0.3, 0.4) is 0 Å². The topological polar surface area (TPSA) is 41.5 Å². The third kappa shape index (κ3) is 4.94. The Hall–Kier alpha value is -0.120. The molecular weight excluding hydrogens is 178 g/mol. The molecule has 1 heterocycles. The second-order valence-corrected chi connectivity index (χ2v) is 4.18. The van der Waals surface area contributed by atoms with Gasteiger partial charge >= 0.3 is 0 Å². The van der Waals surface area contributed by atoms with Crippen LogP contribution in [-0.2, 0) is 4.74 Å². The Labute approximate surface area is 86.8 Å². The van der Waals surface area contributed by atoms with Crippen LogP contribution in [0.4, 0.5) is 0 Å². The average Bonchev–Trinajstić information content (AvgIpc) is 2.20. The highest BCUT2D eigenvalue weighted by Crippen LogP contribution is 2.12. The van der Waals surface area contributed by atoms with Crippen molar-refractivity contribution in [1.29, 1.82) is 0 Å². The average molecular weight is 201 g/mol. The van der Waals surface area contributed by atoms with Gasteiger partial charge in [0.25, 0.3) is 0 Å². The molecule has 2 N–H and O–H groups in total. The first-order valence-corrected chi connectivity index (χ1v) is 5.79. The summed E-state index contributed by atoms with van der Waals surface area (Å²) in [5.41, 5.74) is 0. The van der Waals surface area contributed by atoms with Crippen molar-refractivity contribution in [3.05, 3.63) is 0 Å². The largest absolute Gasteiger partial charge is 0.392 e. The number of aliphatic hydroxyl groups is 1. The molecule has 1 saturated heterocycles. The van der Waals surface area contributed by atoms with Gasteiger partial charge in [0.15, 0.2) is 0 Å². The molecular formula is C11H23NO2. The molecule has 1 rings (SSSR count). The zero-order chi connectivity index (χ0) is 10.2. The van der Waals surface area contributed by atoms with E-state index in [4.69, 9.17) is 4.74 Å². The van der Waals surface area contributed by atoms with Crippen LogP contribution in [0.1, 0.15) is 32.6 Å². The van der Waals surface area contributed by atoms with E-state index in [1.807, 2.05) is 0 Å². The normalized spacial score (nSPS) is 24.9. The summed E-state index contributed by atoms with van der Waals surface area (Å²) in [7, 11) is 0. The summed E-state index contributed by atoms with van der Waals surface area (Å²) < 4.78 is 5.38. The Morgan fingerprint density at radius 2 is 2.43 bits per heavy atom. The molecule has 14 heavy (non-hydrogen) atoms. The van der Waals surface area contributed by atoms with Crippen LogP contribution in [0.5, 0.6) is 0 Å². The summed E-state index contributed by atoms with van der Waals surface area (Å²) in [4.78, 5) is 0. The molecule has 2 atom stereocenters. The molecule has 0 bridgehead atoms. The van der Waals surface area contributed by atoms with Crippen LogP contribution in [0.15, 0.2) is 0 Å². The van der Waals surface area contributed by atoms with Gasteiger partial charge in [0.2, 0.25) is 0 Å². The molecule has 3 nitrogen and oxygen atoms in total. The minimum atomic E-state index is -0.176. The van der Waals surface area contributed by atoms with Crippen molar-refractivity contribution in [2.75, 3.05) is 26.3 Å². The lowest BCUT2D eigenvalue weighted by Gasteiger charge is -2.22. The fraction of sp³-hybridized carbons (Fsp3) is 1.00. The van der Waals surface area contributed by atoms with E-state index in [1.165, 1.54) is 12.8 Å². The molecule has 3 heteroatoms. The van der Waals surface area contributed by atoms with E-state index < -0.39 is 0 Å². The number of nitrogens with one attached hydrogen (secondary N) is 1. The van der Waals surface area contributed by atoms with Crippen LogP contribution >= 0.6 is 0 Å². The third-order valence-electron chi connectivity index (χ3n) is 2.69. The second kappa shape index (κ2) is 7.21. The summed E-state index contributed by atoms with van der Waals surface area (Å²) in [6.07, 6.45) is 4.22. The van der Waals surface area contributed by atoms with Gasteiger partial charge in [0, 0.05) is 19.7 Å². The van der Waals surface area contributed by atoms with Crippen molar-refractivity contribution in [2.45, 2.75) is 38.7 Å². The molecule has 0 aromatic rings. The van der Waals surface area contributed by atoms with Gasteiger partial charge in [-0.1, -0.05) is 13.3 Å². The maximum absolute atomic E-state index is 9.48. The zero-order valence-corrected chi connectivity index (χ0v) is 9.17. The monoisotopic (exact) mass is 201 g/mol. The zero-order valence-electron chi connectivity index (χ0n) is 9.17. The van der Waals surface area contributed by atoms with Gasteiger partial charge in [-0.05, 0) is 25.2 Å². The third-order valence-corrected chi connectivity index (χ3v) is 2.69. The molecule has 1 aliphatic rings. The first-order chi connectivity index (χ1) is 6.83. The van der Waals surface area contributed by atoms with E-state index in [1.54, 1.807) is 0 Å². The predicted octanol–water partition coefficient (Wildman–Crippen LogP) is 1.16. The lowest BCUT2D eigenvalue weighted by Crippen LogP contribution is -2.34. The molecule has 1 aliphatic heterocycles. The summed E-state index contributed by atoms with van der Waals surface area (Å²) in [6, 6.07) is 0. The lowest BCUT2D eigenvalue weighted by molar-refractivity contribution is 0.0531. The fourth-order valence-corrected chi connectivity index (χ4v) is 1.86. The van der Waals surface area contributed by atoms with Crippen molar-refractivity contribution in [2.24, 2.45) is 5.92 Å². The van der Waals surface area contributed by atoms with Gasteiger partial charge in [-0.3, -0.25) is 0 Å². The van der Waals surface area contributed by atoms with E-state index in [9.17, 15) is 5.11 Å². The highest BCUT2D eigenvalue weighted by Gasteiger charge is 2.13. The smallest absolute Gasteiger partial charge is 0.0664 e. The Balaban J connectivity index is 1.96. The van der Waals surface area contributed by atoms with Crippen LogP contribution < -0.4 is 5.32 Å². The Morgan fingerprint density at radius 1 is 1.57 bits per heavy atom. The van der Waals surface area contributed by atoms with Gasteiger partial charge in [-0.2, -0.15) is 0 Å². The van der Waals surface area contributed by atoms with Crippen molar-refractivity contribution < 1.29 is 9.84 Å². The molecule has 0 radical (unpaired) electrons. The van der Waals surface area contributed by atoms with Crippen LogP contribution in [0.25, 0.3) is 0 Å². The standard InChI is InChI=1S/C11H23NO2/c1-2-4-11(13)8-12-7-10-5-3-6-14-9-10/h10-13H,2-9H2,1H3. The molecule has 1 fully saturated rings. The van der Waals surface area contributed by atoms with Gasteiger partial charge in [-0.15, -0.1) is 0 Å². The molecule has 0 amide bonds. The van der Waals surface area contributed by atoms with Gasteiger partial charge < -0.3 is 15.2 Å². The fourth-order valence-electron chi connectivity index (χ4n) is 1.86.